The SMILES string of the molecule is CC(C)C[C@@H](CO)N(C)C(=O)c1cn2ccnc2s1. The van der Waals surface area contributed by atoms with Gasteiger partial charge in [0.2, 0.25) is 0 Å². The second-order valence-electron chi connectivity index (χ2n) is 5.09. The number of hydrogen-bond acceptors (Lipinski definition) is 4. The smallest absolute Gasteiger partial charge is 0.265 e. The van der Waals surface area contributed by atoms with Crippen LogP contribution in [0.25, 0.3) is 4.96 Å². The molecule has 0 saturated carbocycles. The second-order valence-corrected chi connectivity index (χ2v) is 6.10. The summed E-state index contributed by atoms with van der Waals surface area (Å²) >= 11 is 1.37. The molecular formula is C13H19N3O2S. The Morgan fingerprint density at radius 2 is 2.32 bits per heavy atom. The summed E-state index contributed by atoms with van der Waals surface area (Å²) in [5.74, 6) is 0.378. The van der Waals surface area contributed by atoms with Crippen LogP contribution in [0.1, 0.15) is 29.9 Å². The summed E-state index contributed by atoms with van der Waals surface area (Å²) in [6.45, 7) is 4.16. The van der Waals surface area contributed by atoms with Crippen LogP contribution in [0.15, 0.2) is 18.6 Å². The van der Waals surface area contributed by atoms with E-state index in [2.05, 4.69) is 18.8 Å². The summed E-state index contributed by atoms with van der Waals surface area (Å²) in [5.41, 5.74) is 0. The molecule has 0 radical (unpaired) electrons. The van der Waals surface area contributed by atoms with Crippen molar-refractivity contribution in [2.45, 2.75) is 26.3 Å². The maximum absolute atomic E-state index is 12.4. The number of thiazole rings is 1. The average Bonchev–Trinajstić information content (AvgIpc) is 2.94. The number of aliphatic hydroxyl groups excluding tert-OH is 1. The van der Waals surface area contributed by atoms with Crippen molar-refractivity contribution in [1.29, 1.82) is 0 Å². The number of aliphatic hydroxyl groups is 1. The van der Waals surface area contributed by atoms with Crippen molar-refractivity contribution in [3.63, 3.8) is 0 Å². The molecule has 1 atom stereocenters. The first-order valence-corrected chi connectivity index (χ1v) is 7.15. The molecule has 2 heterocycles. The number of likely N-dealkylation sites (N-methyl/N-ethyl adjacent to an activating group) is 1. The number of hydrogen-bond donors (Lipinski definition) is 1. The highest BCUT2D eigenvalue weighted by Crippen LogP contribution is 2.20. The highest BCUT2D eigenvalue weighted by atomic mass is 32.1. The number of amides is 1. The lowest BCUT2D eigenvalue weighted by atomic mass is 10.0. The Labute approximate surface area is 116 Å². The number of fused-ring (bicyclic) bond motifs is 1. The van der Waals surface area contributed by atoms with Crippen LogP contribution in [-0.4, -0.2) is 45.0 Å². The minimum absolute atomic E-state index is 0.0110. The number of rotatable bonds is 5. The lowest BCUT2D eigenvalue weighted by Crippen LogP contribution is -2.40. The van der Waals surface area contributed by atoms with Gasteiger partial charge in [0.05, 0.1) is 12.6 Å². The Balaban J connectivity index is 2.15. The van der Waals surface area contributed by atoms with Crippen molar-refractivity contribution in [3.05, 3.63) is 23.5 Å². The molecule has 0 aliphatic heterocycles. The van der Waals surface area contributed by atoms with Gasteiger partial charge in [0.25, 0.3) is 5.91 Å². The fourth-order valence-corrected chi connectivity index (χ4v) is 2.99. The molecule has 0 bridgehead atoms. The van der Waals surface area contributed by atoms with Gasteiger partial charge in [0, 0.05) is 25.6 Å². The van der Waals surface area contributed by atoms with E-state index in [1.165, 1.54) is 11.3 Å². The van der Waals surface area contributed by atoms with Crippen molar-refractivity contribution in [2.75, 3.05) is 13.7 Å². The Bertz CT molecular complexity index is 532. The van der Waals surface area contributed by atoms with E-state index in [-0.39, 0.29) is 18.6 Å². The Morgan fingerprint density at radius 1 is 1.58 bits per heavy atom. The van der Waals surface area contributed by atoms with Gasteiger partial charge in [-0.25, -0.2) is 4.98 Å². The van der Waals surface area contributed by atoms with E-state index in [9.17, 15) is 9.90 Å². The zero-order chi connectivity index (χ0) is 14.0. The molecule has 104 valence electrons. The first-order valence-electron chi connectivity index (χ1n) is 6.33. The lowest BCUT2D eigenvalue weighted by molar-refractivity contribution is 0.0634. The summed E-state index contributed by atoms with van der Waals surface area (Å²) in [6, 6.07) is -0.137. The van der Waals surface area contributed by atoms with Crippen LogP contribution in [0.2, 0.25) is 0 Å². The largest absolute Gasteiger partial charge is 0.394 e. The van der Waals surface area contributed by atoms with Gasteiger partial charge in [-0.2, -0.15) is 0 Å². The van der Waals surface area contributed by atoms with Crippen molar-refractivity contribution >= 4 is 22.2 Å². The van der Waals surface area contributed by atoms with Gasteiger partial charge in [-0.3, -0.25) is 9.20 Å². The molecule has 1 N–H and O–H groups in total. The highest BCUT2D eigenvalue weighted by molar-refractivity contribution is 7.18. The summed E-state index contributed by atoms with van der Waals surface area (Å²) in [7, 11) is 1.74. The Kier molecular flexibility index (Phi) is 4.21. The number of carbonyl (C=O) groups excluding carboxylic acids is 1. The van der Waals surface area contributed by atoms with E-state index in [1.54, 1.807) is 24.3 Å². The zero-order valence-corrected chi connectivity index (χ0v) is 12.2. The third-order valence-corrected chi connectivity index (χ3v) is 4.12. The second kappa shape index (κ2) is 5.71. The van der Waals surface area contributed by atoms with Crippen molar-refractivity contribution < 1.29 is 9.90 Å². The first kappa shape index (κ1) is 14.0. The number of aromatic nitrogens is 2. The van der Waals surface area contributed by atoms with Crippen LogP contribution in [-0.2, 0) is 0 Å². The van der Waals surface area contributed by atoms with E-state index in [0.29, 0.717) is 10.8 Å². The molecule has 0 spiro atoms. The maximum atomic E-state index is 12.4. The van der Waals surface area contributed by atoms with Gasteiger partial charge in [-0.15, -0.1) is 0 Å². The molecule has 0 aliphatic rings. The molecule has 1 amide bonds. The molecule has 2 aromatic rings. The monoisotopic (exact) mass is 281 g/mol. The van der Waals surface area contributed by atoms with Crippen LogP contribution in [0.3, 0.4) is 0 Å². The van der Waals surface area contributed by atoms with E-state index in [0.717, 1.165) is 11.4 Å². The summed E-state index contributed by atoms with van der Waals surface area (Å²) in [4.78, 5) is 19.6. The number of nitrogens with zero attached hydrogens (tertiary/aromatic N) is 3. The summed E-state index contributed by atoms with van der Waals surface area (Å²) < 4.78 is 1.84. The van der Waals surface area contributed by atoms with Gasteiger partial charge in [-0.1, -0.05) is 25.2 Å². The molecule has 2 aromatic heterocycles. The third kappa shape index (κ3) is 2.96. The predicted octanol–water partition coefficient (Wildman–Crippen LogP) is 1.87. The zero-order valence-electron chi connectivity index (χ0n) is 11.4. The molecule has 6 heteroatoms. The molecule has 19 heavy (non-hydrogen) atoms. The fraction of sp³-hybridized carbons (Fsp3) is 0.538. The van der Waals surface area contributed by atoms with Crippen LogP contribution < -0.4 is 0 Å². The maximum Gasteiger partial charge on any atom is 0.265 e. The van der Waals surface area contributed by atoms with E-state index in [4.69, 9.17) is 0 Å². The standard InChI is InChI=1S/C13H19N3O2S/c1-9(2)6-10(8-17)15(3)12(18)11-7-16-5-4-14-13(16)19-11/h4-5,7,9-10,17H,6,8H2,1-3H3/t10-/m0/s1. The number of imidazole rings is 1. The van der Waals surface area contributed by atoms with Gasteiger partial charge < -0.3 is 10.0 Å². The first-order chi connectivity index (χ1) is 9.02. The quantitative estimate of drug-likeness (QED) is 0.910. The van der Waals surface area contributed by atoms with Crippen LogP contribution >= 0.6 is 11.3 Å². The summed E-state index contributed by atoms with van der Waals surface area (Å²) in [5, 5.41) is 9.43. The molecule has 0 saturated heterocycles. The summed E-state index contributed by atoms with van der Waals surface area (Å²) in [6.07, 6.45) is 6.11. The van der Waals surface area contributed by atoms with Gasteiger partial charge in [0.15, 0.2) is 4.96 Å². The minimum atomic E-state index is -0.137. The van der Waals surface area contributed by atoms with Crippen LogP contribution in [0, 0.1) is 5.92 Å². The van der Waals surface area contributed by atoms with Crippen LogP contribution in [0.5, 0.6) is 0 Å². The molecule has 2 rings (SSSR count). The van der Waals surface area contributed by atoms with Crippen molar-refractivity contribution in [1.82, 2.24) is 14.3 Å². The van der Waals surface area contributed by atoms with E-state index in [1.807, 2.05) is 10.6 Å². The lowest BCUT2D eigenvalue weighted by Gasteiger charge is -2.27. The Hall–Kier alpha value is -1.40. The molecular weight excluding hydrogens is 262 g/mol. The van der Waals surface area contributed by atoms with E-state index >= 15 is 0 Å². The Morgan fingerprint density at radius 3 is 2.89 bits per heavy atom. The fourth-order valence-electron chi connectivity index (χ4n) is 2.07. The van der Waals surface area contributed by atoms with Crippen molar-refractivity contribution in [2.24, 2.45) is 5.92 Å². The molecule has 0 fully saturated rings. The predicted molar refractivity (Wildman–Crippen MR) is 75.5 cm³/mol. The normalized spacial score (nSPS) is 13.1. The van der Waals surface area contributed by atoms with E-state index < -0.39 is 0 Å². The van der Waals surface area contributed by atoms with Crippen molar-refractivity contribution in [3.8, 4) is 0 Å². The van der Waals surface area contributed by atoms with Gasteiger partial charge in [-0.05, 0) is 12.3 Å². The minimum Gasteiger partial charge on any atom is -0.394 e. The number of carbonyl (C=O) groups is 1. The van der Waals surface area contributed by atoms with Gasteiger partial charge in [0.1, 0.15) is 4.88 Å². The average molecular weight is 281 g/mol. The topological polar surface area (TPSA) is 57.8 Å². The molecule has 5 nitrogen and oxygen atoms in total. The van der Waals surface area contributed by atoms with Gasteiger partial charge >= 0.3 is 0 Å². The van der Waals surface area contributed by atoms with Crippen LogP contribution in [0.4, 0.5) is 0 Å². The molecule has 0 aromatic carbocycles. The third-order valence-electron chi connectivity index (χ3n) is 3.12. The molecule has 0 aliphatic carbocycles. The highest BCUT2D eigenvalue weighted by Gasteiger charge is 2.23. The molecule has 0 unspecified atom stereocenters.